The molecule has 132 valence electrons. The lowest BCUT2D eigenvalue weighted by molar-refractivity contribution is 0.616. The van der Waals surface area contributed by atoms with Gasteiger partial charge in [-0.05, 0) is 29.8 Å². The number of furan rings is 1. The van der Waals surface area contributed by atoms with Crippen LogP contribution in [0.3, 0.4) is 0 Å². The van der Waals surface area contributed by atoms with Crippen molar-refractivity contribution in [3.63, 3.8) is 0 Å². The summed E-state index contributed by atoms with van der Waals surface area (Å²) in [6, 6.07) is 24.7. The lowest BCUT2D eigenvalue weighted by atomic mass is 10.1. The predicted molar refractivity (Wildman–Crippen MR) is 112 cm³/mol. The molecule has 3 heterocycles. The molecule has 0 aliphatic carbocycles. The van der Waals surface area contributed by atoms with Gasteiger partial charge < -0.3 is 4.42 Å². The molecule has 0 unspecified atom stereocenters. The summed E-state index contributed by atoms with van der Waals surface area (Å²) >= 11 is 0. The van der Waals surface area contributed by atoms with Crippen LogP contribution in [0.4, 0.5) is 0 Å². The standard InChI is InChI=1S/C24H15N3O/c1-2-6-16(7-3-1)18-14-25-24(26-15-18)27-21-9-5-4-8-19(21)20-13-23-17(10-11-28-23)12-22(20)27/h1-15H. The zero-order valence-electron chi connectivity index (χ0n) is 14.9. The van der Waals surface area contributed by atoms with Gasteiger partial charge in [-0.2, -0.15) is 0 Å². The number of rotatable bonds is 2. The number of hydrogen-bond donors (Lipinski definition) is 0. The van der Waals surface area contributed by atoms with E-state index in [9.17, 15) is 0 Å². The molecule has 28 heavy (non-hydrogen) atoms. The van der Waals surface area contributed by atoms with Crippen LogP contribution in [0, 0.1) is 0 Å². The highest BCUT2D eigenvalue weighted by Crippen LogP contribution is 2.34. The topological polar surface area (TPSA) is 43.9 Å². The first-order chi connectivity index (χ1) is 13.9. The third kappa shape index (κ3) is 2.18. The molecule has 6 rings (SSSR count). The molecule has 0 amide bonds. The maximum Gasteiger partial charge on any atom is 0.234 e. The first-order valence-electron chi connectivity index (χ1n) is 9.17. The fourth-order valence-corrected chi connectivity index (χ4v) is 3.86. The van der Waals surface area contributed by atoms with Crippen LogP contribution < -0.4 is 0 Å². The van der Waals surface area contributed by atoms with Gasteiger partial charge in [0.25, 0.3) is 0 Å². The molecule has 0 spiro atoms. The second-order valence-corrected chi connectivity index (χ2v) is 6.82. The Morgan fingerprint density at radius 1 is 0.679 bits per heavy atom. The van der Waals surface area contributed by atoms with Gasteiger partial charge in [0.2, 0.25) is 5.95 Å². The zero-order chi connectivity index (χ0) is 18.5. The molecule has 0 saturated heterocycles. The number of nitrogens with zero attached hydrogens (tertiary/aromatic N) is 3. The van der Waals surface area contributed by atoms with E-state index in [2.05, 4.69) is 47.0 Å². The van der Waals surface area contributed by atoms with E-state index in [1.165, 1.54) is 0 Å². The van der Waals surface area contributed by atoms with Crippen LogP contribution in [0.2, 0.25) is 0 Å². The van der Waals surface area contributed by atoms with E-state index in [0.717, 1.165) is 43.9 Å². The van der Waals surface area contributed by atoms with E-state index in [4.69, 9.17) is 14.4 Å². The summed E-state index contributed by atoms with van der Waals surface area (Å²) in [7, 11) is 0. The zero-order valence-corrected chi connectivity index (χ0v) is 14.9. The highest BCUT2D eigenvalue weighted by atomic mass is 16.3. The van der Waals surface area contributed by atoms with Gasteiger partial charge in [-0.1, -0.05) is 48.5 Å². The van der Waals surface area contributed by atoms with Gasteiger partial charge in [0.05, 0.1) is 17.3 Å². The van der Waals surface area contributed by atoms with Crippen molar-refractivity contribution in [1.29, 1.82) is 0 Å². The van der Waals surface area contributed by atoms with Crippen LogP contribution in [0.25, 0.3) is 49.9 Å². The molecule has 3 aromatic carbocycles. The van der Waals surface area contributed by atoms with Crippen LogP contribution >= 0.6 is 0 Å². The van der Waals surface area contributed by atoms with Crippen LogP contribution in [-0.4, -0.2) is 14.5 Å². The van der Waals surface area contributed by atoms with Crippen LogP contribution in [0.5, 0.6) is 0 Å². The molecule has 6 aromatic rings. The number of fused-ring (bicyclic) bond motifs is 4. The summed E-state index contributed by atoms with van der Waals surface area (Å²) in [5.74, 6) is 0.661. The lowest BCUT2D eigenvalue weighted by Crippen LogP contribution is -2.00. The number of aromatic nitrogens is 3. The SMILES string of the molecule is c1ccc(-c2cnc(-n3c4ccccc4c4cc5occc5cc43)nc2)cc1. The van der Waals surface area contributed by atoms with Gasteiger partial charge in [-0.25, -0.2) is 9.97 Å². The molecule has 3 aromatic heterocycles. The van der Waals surface area contributed by atoms with Crippen molar-refractivity contribution in [3.8, 4) is 17.1 Å². The summed E-state index contributed by atoms with van der Waals surface area (Å²) in [6.45, 7) is 0. The highest BCUT2D eigenvalue weighted by molar-refractivity contribution is 6.12. The first-order valence-corrected chi connectivity index (χ1v) is 9.17. The molecular formula is C24H15N3O. The van der Waals surface area contributed by atoms with Gasteiger partial charge in [0, 0.05) is 34.1 Å². The number of hydrogen-bond acceptors (Lipinski definition) is 3. The van der Waals surface area contributed by atoms with E-state index < -0.39 is 0 Å². The van der Waals surface area contributed by atoms with Crippen molar-refractivity contribution in [2.45, 2.75) is 0 Å². The Balaban J connectivity index is 1.62. The van der Waals surface area contributed by atoms with Crippen molar-refractivity contribution in [2.75, 3.05) is 0 Å². The molecule has 0 bridgehead atoms. The molecule has 0 N–H and O–H groups in total. The quantitative estimate of drug-likeness (QED) is 0.381. The van der Waals surface area contributed by atoms with Crippen molar-refractivity contribution >= 4 is 32.8 Å². The largest absolute Gasteiger partial charge is 0.464 e. The average molecular weight is 361 g/mol. The third-order valence-electron chi connectivity index (χ3n) is 5.19. The van der Waals surface area contributed by atoms with Gasteiger partial charge in [-0.3, -0.25) is 4.57 Å². The summed E-state index contributed by atoms with van der Waals surface area (Å²) in [4.78, 5) is 9.39. The molecule has 0 atom stereocenters. The van der Waals surface area contributed by atoms with Crippen LogP contribution in [0.15, 0.2) is 95.9 Å². The van der Waals surface area contributed by atoms with Crippen molar-refractivity contribution in [3.05, 3.63) is 91.5 Å². The molecule has 0 fully saturated rings. The molecule has 0 aliphatic heterocycles. The smallest absolute Gasteiger partial charge is 0.234 e. The second-order valence-electron chi connectivity index (χ2n) is 6.82. The Labute approximate surface area is 160 Å². The average Bonchev–Trinajstić information content (AvgIpc) is 3.35. The minimum absolute atomic E-state index is 0.661. The molecule has 0 aliphatic rings. The number of para-hydroxylation sites is 1. The Morgan fingerprint density at radius 3 is 2.32 bits per heavy atom. The molecule has 0 saturated carbocycles. The van der Waals surface area contributed by atoms with Crippen molar-refractivity contribution in [2.24, 2.45) is 0 Å². The first kappa shape index (κ1) is 15.2. The van der Waals surface area contributed by atoms with E-state index in [-0.39, 0.29) is 0 Å². The highest BCUT2D eigenvalue weighted by Gasteiger charge is 2.15. The Kier molecular flexibility index (Phi) is 3.14. The van der Waals surface area contributed by atoms with E-state index in [1.807, 2.05) is 42.7 Å². The van der Waals surface area contributed by atoms with Crippen LogP contribution in [0.1, 0.15) is 0 Å². The normalized spacial score (nSPS) is 11.6. The number of benzene rings is 3. The van der Waals surface area contributed by atoms with Crippen LogP contribution in [-0.2, 0) is 0 Å². The van der Waals surface area contributed by atoms with E-state index in [0.29, 0.717) is 5.95 Å². The van der Waals surface area contributed by atoms with Crippen molar-refractivity contribution < 1.29 is 4.42 Å². The van der Waals surface area contributed by atoms with Crippen molar-refractivity contribution in [1.82, 2.24) is 14.5 Å². The maximum absolute atomic E-state index is 5.61. The summed E-state index contributed by atoms with van der Waals surface area (Å²) in [5, 5.41) is 3.36. The molecule has 0 radical (unpaired) electrons. The summed E-state index contributed by atoms with van der Waals surface area (Å²) in [6.07, 6.45) is 5.49. The van der Waals surface area contributed by atoms with E-state index >= 15 is 0 Å². The lowest BCUT2D eigenvalue weighted by Gasteiger charge is -2.07. The van der Waals surface area contributed by atoms with Gasteiger partial charge in [0.15, 0.2) is 0 Å². The Bertz CT molecular complexity index is 1440. The maximum atomic E-state index is 5.61. The van der Waals surface area contributed by atoms with Gasteiger partial charge >= 0.3 is 0 Å². The molecule has 4 heteroatoms. The molecular weight excluding hydrogens is 346 g/mol. The summed E-state index contributed by atoms with van der Waals surface area (Å²) < 4.78 is 7.73. The van der Waals surface area contributed by atoms with Gasteiger partial charge in [-0.15, -0.1) is 0 Å². The minimum Gasteiger partial charge on any atom is -0.464 e. The summed E-state index contributed by atoms with van der Waals surface area (Å²) in [5.41, 5.74) is 5.15. The predicted octanol–water partition coefficient (Wildman–Crippen LogP) is 5.99. The monoisotopic (exact) mass is 361 g/mol. The second kappa shape index (κ2) is 5.79. The fourth-order valence-electron chi connectivity index (χ4n) is 3.86. The minimum atomic E-state index is 0.661. The Hall–Kier alpha value is -3.92. The Morgan fingerprint density at radius 2 is 1.46 bits per heavy atom. The third-order valence-corrected chi connectivity index (χ3v) is 5.19. The van der Waals surface area contributed by atoms with E-state index in [1.54, 1.807) is 6.26 Å². The fraction of sp³-hybridized carbons (Fsp3) is 0. The molecule has 4 nitrogen and oxygen atoms in total. The van der Waals surface area contributed by atoms with Gasteiger partial charge in [0.1, 0.15) is 5.58 Å².